The van der Waals surface area contributed by atoms with Crippen LogP contribution in [0.4, 0.5) is 5.69 Å². The van der Waals surface area contributed by atoms with Gasteiger partial charge in [0.2, 0.25) is 0 Å². The average molecular weight is 327 g/mol. The molecular weight excluding hydrogens is 310 g/mol. The summed E-state index contributed by atoms with van der Waals surface area (Å²) in [5.74, 6) is -0.478. The molecule has 2 aromatic rings. The summed E-state index contributed by atoms with van der Waals surface area (Å²) in [6.07, 6.45) is 0. The number of nitrogens with zero attached hydrogens (tertiary/aromatic N) is 2. The maximum Gasteiger partial charge on any atom is 0.270 e. The number of non-ortho nitro benzene ring substituents is 1. The van der Waals surface area contributed by atoms with Crippen molar-refractivity contribution in [3.05, 3.63) is 68.5 Å². The topological polar surface area (TPSA) is 102 Å². The third-order valence-corrected chi connectivity index (χ3v) is 3.63. The number of carbonyl (C=O) groups excluding carboxylic acids is 2. The lowest BCUT2D eigenvalue weighted by atomic mass is 10.1. The molecule has 0 fully saturated rings. The minimum absolute atomic E-state index is 0.0668. The summed E-state index contributed by atoms with van der Waals surface area (Å²) in [5, 5.41) is 13.5. The summed E-state index contributed by atoms with van der Waals surface area (Å²) in [4.78, 5) is 38.2. The Morgan fingerprint density at radius 2 is 1.88 bits per heavy atom. The highest BCUT2D eigenvalue weighted by atomic mass is 16.6. The Hall–Kier alpha value is -3.09. The Morgan fingerprint density at radius 3 is 2.46 bits per heavy atom. The van der Waals surface area contributed by atoms with Crippen LogP contribution in [0.1, 0.15) is 44.6 Å². The highest BCUT2D eigenvalue weighted by Gasteiger charge is 2.15. The van der Waals surface area contributed by atoms with E-state index in [4.69, 9.17) is 0 Å². The molecule has 7 nitrogen and oxygen atoms in total. The van der Waals surface area contributed by atoms with E-state index in [9.17, 15) is 19.7 Å². The summed E-state index contributed by atoms with van der Waals surface area (Å²) >= 11 is 0. The van der Waals surface area contributed by atoms with Crippen LogP contribution in [0.25, 0.3) is 0 Å². The van der Waals surface area contributed by atoms with E-state index in [0.29, 0.717) is 22.5 Å². The number of ketones is 1. The Balaban J connectivity index is 2.14. The molecule has 0 unspecified atom stereocenters. The predicted molar refractivity (Wildman–Crippen MR) is 88.0 cm³/mol. The fourth-order valence-corrected chi connectivity index (χ4v) is 2.32. The number of nitro benzene ring substituents is 1. The number of pyridine rings is 1. The Kier molecular flexibility index (Phi) is 5.03. The lowest BCUT2D eigenvalue weighted by Crippen LogP contribution is -2.24. The van der Waals surface area contributed by atoms with Gasteiger partial charge in [0.25, 0.3) is 11.6 Å². The van der Waals surface area contributed by atoms with Crippen LogP contribution >= 0.6 is 0 Å². The summed E-state index contributed by atoms with van der Waals surface area (Å²) in [5.41, 5.74) is 2.51. The number of amides is 1. The largest absolute Gasteiger partial charge is 0.346 e. The van der Waals surface area contributed by atoms with Crippen molar-refractivity contribution in [2.24, 2.45) is 0 Å². The van der Waals surface area contributed by atoms with Gasteiger partial charge in [0.05, 0.1) is 17.2 Å². The van der Waals surface area contributed by atoms with Gasteiger partial charge in [-0.2, -0.15) is 0 Å². The summed E-state index contributed by atoms with van der Waals surface area (Å²) < 4.78 is 0. The van der Waals surface area contributed by atoms with Crippen LogP contribution in [0.3, 0.4) is 0 Å². The van der Waals surface area contributed by atoms with Gasteiger partial charge in [-0.15, -0.1) is 0 Å². The molecule has 24 heavy (non-hydrogen) atoms. The van der Waals surface area contributed by atoms with Crippen molar-refractivity contribution < 1.29 is 14.5 Å². The van der Waals surface area contributed by atoms with Gasteiger partial charge < -0.3 is 5.32 Å². The zero-order valence-electron chi connectivity index (χ0n) is 13.6. The number of hydrogen-bond acceptors (Lipinski definition) is 5. The molecule has 0 atom stereocenters. The number of Topliss-reactive ketones (excluding diaryl/α,β-unsaturated/α-hetero) is 1. The zero-order chi connectivity index (χ0) is 17.9. The van der Waals surface area contributed by atoms with Crippen molar-refractivity contribution in [3.8, 4) is 0 Å². The molecule has 1 amide bonds. The van der Waals surface area contributed by atoms with E-state index >= 15 is 0 Å². The maximum atomic E-state index is 12.3. The molecule has 1 aromatic carbocycles. The molecular formula is C17H17N3O4. The molecule has 2 rings (SSSR count). The third-order valence-electron chi connectivity index (χ3n) is 3.63. The number of aryl methyl sites for hydroxylation is 2. The second-order valence-corrected chi connectivity index (χ2v) is 5.43. The molecule has 7 heteroatoms. The molecule has 1 N–H and O–H groups in total. The van der Waals surface area contributed by atoms with Crippen LogP contribution in [0.15, 0.2) is 30.3 Å². The monoisotopic (exact) mass is 327 g/mol. The average Bonchev–Trinajstić information content (AvgIpc) is 2.52. The number of hydrogen-bond donors (Lipinski definition) is 1. The summed E-state index contributed by atoms with van der Waals surface area (Å²) in [7, 11) is 0. The molecule has 0 saturated heterocycles. The van der Waals surface area contributed by atoms with Gasteiger partial charge >= 0.3 is 0 Å². The number of rotatable bonds is 5. The molecule has 0 saturated carbocycles. The lowest BCUT2D eigenvalue weighted by Gasteiger charge is -2.09. The van der Waals surface area contributed by atoms with Crippen LogP contribution in [0, 0.1) is 24.0 Å². The molecule has 124 valence electrons. The van der Waals surface area contributed by atoms with Gasteiger partial charge in [-0.1, -0.05) is 6.07 Å². The fourth-order valence-electron chi connectivity index (χ4n) is 2.32. The predicted octanol–water partition coefficient (Wildman–Crippen LogP) is 2.74. The number of benzene rings is 1. The van der Waals surface area contributed by atoms with Crippen molar-refractivity contribution in [2.75, 3.05) is 0 Å². The van der Waals surface area contributed by atoms with Gasteiger partial charge in [0, 0.05) is 29.0 Å². The first-order valence-corrected chi connectivity index (χ1v) is 7.30. The summed E-state index contributed by atoms with van der Waals surface area (Å²) in [6.45, 7) is 5.08. The van der Waals surface area contributed by atoms with E-state index in [1.807, 2.05) is 0 Å². The Bertz CT molecular complexity index is 831. The first kappa shape index (κ1) is 17.3. The molecule has 1 heterocycles. The quantitative estimate of drug-likeness (QED) is 0.517. The third kappa shape index (κ3) is 3.81. The minimum Gasteiger partial charge on any atom is -0.346 e. The minimum atomic E-state index is -0.540. The van der Waals surface area contributed by atoms with Gasteiger partial charge in [0.15, 0.2) is 5.78 Å². The molecule has 0 aliphatic carbocycles. The highest BCUT2D eigenvalue weighted by molar-refractivity contribution is 5.96. The number of nitro groups is 1. The highest BCUT2D eigenvalue weighted by Crippen LogP contribution is 2.17. The smallest absolute Gasteiger partial charge is 0.270 e. The van der Waals surface area contributed by atoms with Crippen LogP contribution < -0.4 is 5.32 Å². The first-order valence-electron chi connectivity index (χ1n) is 7.30. The fraction of sp³-hybridized carbons (Fsp3) is 0.235. The van der Waals surface area contributed by atoms with Crippen molar-refractivity contribution in [1.29, 1.82) is 0 Å². The zero-order valence-corrected chi connectivity index (χ0v) is 13.6. The Labute approximate surface area is 138 Å². The maximum absolute atomic E-state index is 12.3. The first-order chi connectivity index (χ1) is 11.3. The molecule has 0 spiro atoms. The van der Waals surface area contributed by atoms with Gasteiger partial charge in [0.1, 0.15) is 0 Å². The van der Waals surface area contributed by atoms with Gasteiger partial charge in [-0.25, -0.2) is 0 Å². The van der Waals surface area contributed by atoms with Crippen LogP contribution in [-0.4, -0.2) is 21.6 Å². The van der Waals surface area contributed by atoms with Gasteiger partial charge in [-0.05, 0) is 38.5 Å². The van der Waals surface area contributed by atoms with Crippen molar-refractivity contribution in [2.45, 2.75) is 27.3 Å². The Morgan fingerprint density at radius 1 is 1.17 bits per heavy atom. The molecule has 0 aliphatic heterocycles. The second-order valence-electron chi connectivity index (χ2n) is 5.43. The molecule has 0 radical (unpaired) electrons. The van der Waals surface area contributed by atoms with Crippen molar-refractivity contribution in [3.63, 3.8) is 0 Å². The van der Waals surface area contributed by atoms with Crippen LogP contribution in [0.2, 0.25) is 0 Å². The molecule has 0 bridgehead atoms. The second kappa shape index (κ2) is 6.99. The number of carbonyl (C=O) groups is 2. The number of aromatic nitrogens is 1. The van der Waals surface area contributed by atoms with Crippen molar-refractivity contribution in [1.82, 2.24) is 10.3 Å². The lowest BCUT2D eigenvalue weighted by molar-refractivity contribution is -0.384. The summed E-state index contributed by atoms with van der Waals surface area (Å²) in [6, 6.07) is 7.49. The van der Waals surface area contributed by atoms with E-state index in [0.717, 1.165) is 0 Å². The van der Waals surface area contributed by atoms with E-state index in [1.165, 1.54) is 25.1 Å². The SMILES string of the molecule is CC(=O)c1ccc(CNC(=O)c2cc([N+](=O)[O-])ccc2C)nc1C. The van der Waals surface area contributed by atoms with E-state index < -0.39 is 10.8 Å². The number of nitrogens with one attached hydrogen (secondary N) is 1. The van der Waals surface area contributed by atoms with E-state index in [-0.39, 0.29) is 23.6 Å². The standard InChI is InChI=1S/C17H17N3O4/c1-10-4-6-14(20(23)24)8-16(10)17(22)18-9-13-5-7-15(12(3)21)11(2)19-13/h4-8H,9H2,1-3H3,(H,18,22). The van der Waals surface area contributed by atoms with Crippen molar-refractivity contribution >= 4 is 17.4 Å². The van der Waals surface area contributed by atoms with E-state index in [2.05, 4.69) is 10.3 Å². The van der Waals surface area contributed by atoms with Crippen LogP contribution in [0.5, 0.6) is 0 Å². The van der Waals surface area contributed by atoms with E-state index in [1.54, 1.807) is 26.0 Å². The van der Waals surface area contributed by atoms with Gasteiger partial charge in [-0.3, -0.25) is 24.7 Å². The van der Waals surface area contributed by atoms with Crippen LogP contribution in [-0.2, 0) is 6.54 Å². The molecule has 1 aromatic heterocycles. The molecule has 0 aliphatic rings. The normalized spacial score (nSPS) is 10.3.